The second-order valence-corrected chi connectivity index (χ2v) is 6.52. The van der Waals surface area contributed by atoms with Crippen molar-refractivity contribution in [3.8, 4) is 11.5 Å². The fourth-order valence-corrected chi connectivity index (χ4v) is 2.40. The van der Waals surface area contributed by atoms with E-state index in [1.54, 1.807) is 25.7 Å². The van der Waals surface area contributed by atoms with Crippen LogP contribution in [0.3, 0.4) is 0 Å². The highest BCUT2D eigenvalue weighted by Gasteiger charge is 2.26. The van der Waals surface area contributed by atoms with E-state index in [2.05, 4.69) is 4.74 Å². The molecular weight excluding hydrogens is 322 g/mol. The topological polar surface area (TPSA) is 62.2 Å². The number of phenolic OH excluding ortho intramolecular Hbond substituents is 1. The highest BCUT2D eigenvalue weighted by atomic mass is 19.3. The molecule has 24 heavy (non-hydrogen) atoms. The second-order valence-electron chi connectivity index (χ2n) is 6.52. The molecule has 8 heteroatoms. The van der Waals surface area contributed by atoms with Gasteiger partial charge >= 0.3 is 12.7 Å². The average molecular weight is 344 g/mol. The molecule has 1 saturated heterocycles. The summed E-state index contributed by atoms with van der Waals surface area (Å²) in [6.45, 7) is 4.33. The zero-order chi connectivity index (χ0) is 17.9. The average Bonchev–Trinajstić information content (AvgIpc) is 2.44. The summed E-state index contributed by atoms with van der Waals surface area (Å²) in [5.74, 6) is -0.257. The van der Waals surface area contributed by atoms with E-state index in [1.807, 2.05) is 4.90 Å². The number of phenols is 1. The van der Waals surface area contributed by atoms with Crippen molar-refractivity contribution in [3.05, 3.63) is 18.2 Å². The van der Waals surface area contributed by atoms with Crippen LogP contribution in [0.5, 0.6) is 11.5 Å². The number of anilines is 1. The van der Waals surface area contributed by atoms with Gasteiger partial charge in [0.15, 0.2) is 0 Å². The van der Waals surface area contributed by atoms with E-state index in [-0.39, 0.29) is 17.6 Å². The molecule has 0 unspecified atom stereocenters. The van der Waals surface area contributed by atoms with E-state index in [0.29, 0.717) is 31.9 Å². The van der Waals surface area contributed by atoms with Gasteiger partial charge in [-0.3, -0.25) is 0 Å². The van der Waals surface area contributed by atoms with Gasteiger partial charge in [0.25, 0.3) is 0 Å². The third-order valence-electron chi connectivity index (χ3n) is 3.40. The summed E-state index contributed by atoms with van der Waals surface area (Å²) in [6, 6.07) is 4.04. The Kier molecular flexibility index (Phi) is 5.36. The number of carbonyl (C=O) groups excluding carboxylic acids is 1. The van der Waals surface area contributed by atoms with Gasteiger partial charge < -0.3 is 24.4 Å². The van der Waals surface area contributed by atoms with Crippen molar-refractivity contribution in [2.75, 3.05) is 31.1 Å². The van der Waals surface area contributed by atoms with Gasteiger partial charge in [-0.25, -0.2) is 4.79 Å². The minimum Gasteiger partial charge on any atom is -0.508 e. The summed E-state index contributed by atoms with van der Waals surface area (Å²) in [5.41, 5.74) is 0.00973. The summed E-state index contributed by atoms with van der Waals surface area (Å²) >= 11 is 0. The van der Waals surface area contributed by atoms with Crippen LogP contribution in [-0.4, -0.2) is 54.5 Å². The Bertz CT molecular complexity index is 582. The number of rotatable bonds is 3. The normalized spacial score (nSPS) is 15.6. The Morgan fingerprint density at radius 3 is 2.33 bits per heavy atom. The minimum absolute atomic E-state index is 0.102. The number of carbonyl (C=O) groups is 1. The van der Waals surface area contributed by atoms with Crippen LogP contribution in [0.25, 0.3) is 0 Å². The van der Waals surface area contributed by atoms with Crippen molar-refractivity contribution in [1.29, 1.82) is 0 Å². The predicted octanol–water partition coefficient (Wildman–Crippen LogP) is 3.05. The van der Waals surface area contributed by atoms with Crippen LogP contribution in [0.4, 0.5) is 19.3 Å². The second kappa shape index (κ2) is 7.11. The summed E-state index contributed by atoms with van der Waals surface area (Å²) in [7, 11) is 0. The minimum atomic E-state index is -2.95. The number of benzene rings is 1. The lowest BCUT2D eigenvalue weighted by Gasteiger charge is -2.36. The summed E-state index contributed by atoms with van der Waals surface area (Å²) < 4.78 is 34.3. The number of alkyl halides is 2. The largest absolute Gasteiger partial charge is 0.508 e. The first-order valence-corrected chi connectivity index (χ1v) is 7.66. The summed E-state index contributed by atoms with van der Waals surface area (Å²) in [6.07, 6.45) is -0.375. The molecule has 0 aliphatic carbocycles. The van der Waals surface area contributed by atoms with Crippen LogP contribution in [0.2, 0.25) is 0 Å². The molecule has 0 saturated carbocycles. The zero-order valence-corrected chi connectivity index (χ0v) is 14.0. The lowest BCUT2D eigenvalue weighted by atomic mass is 10.2. The van der Waals surface area contributed by atoms with Crippen molar-refractivity contribution in [2.45, 2.75) is 33.0 Å². The van der Waals surface area contributed by atoms with Gasteiger partial charge in [-0.15, -0.1) is 0 Å². The Labute approximate surface area is 139 Å². The van der Waals surface area contributed by atoms with E-state index in [9.17, 15) is 18.7 Å². The number of hydrogen-bond acceptors (Lipinski definition) is 5. The van der Waals surface area contributed by atoms with E-state index in [0.717, 1.165) is 6.07 Å². The van der Waals surface area contributed by atoms with Crippen molar-refractivity contribution in [3.63, 3.8) is 0 Å². The SMILES string of the molecule is CC(C)(C)OC(=O)N1CCN(c2cc(O)cc(OC(F)F)c2)CC1. The number of piperazine rings is 1. The van der Waals surface area contributed by atoms with Crippen molar-refractivity contribution < 1.29 is 28.2 Å². The summed E-state index contributed by atoms with van der Waals surface area (Å²) in [4.78, 5) is 15.5. The molecule has 6 nitrogen and oxygen atoms in total. The monoisotopic (exact) mass is 344 g/mol. The number of halogens is 2. The Morgan fingerprint density at radius 2 is 1.79 bits per heavy atom. The maximum atomic E-state index is 12.3. The Balaban J connectivity index is 1.99. The van der Waals surface area contributed by atoms with Crippen molar-refractivity contribution in [1.82, 2.24) is 4.90 Å². The van der Waals surface area contributed by atoms with Gasteiger partial charge in [0.2, 0.25) is 0 Å². The molecule has 1 amide bonds. The van der Waals surface area contributed by atoms with Gasteiger partial charge in [-0.2, -0.15) is 8.78 Å². The zero-order valence-electron chi connectivity index (χ0n) is 14.0. The van der Waals surface area contributed by atoms with Gasteiger partial charge in [0, 0.05) is 50.1 Å². The van der Waals surface area contributed by atoms with Crippen LogP contribution < -0.4 is 9.64 Å². The number of aromatic hydroxyl groups is 1. The molecule has 134 valence electrons. The van der Waals surface area contributed by atoms with Gasteiger partial charge in [-0.1, -0.05) is 0 Å². The predicted molar refractivity (Wildman–Crippen MR) is 84.8 cm³/mol. The van der Waals surface area contributed by atoms with Crippen molar-refractivity contribution in [2.24, 2.45) is 0 Å². The molecule has 0 bridgehead atoms. The molecule has 0 atom stereocenters. The van der Waals surface area contributed by atoms with Crippen LogP contribution in [0.1, 0.15) is 20.8 Å². The quantitative estimate of drug-likeness (QED) is 0.913. The molecule has 1 fully saturated rings. The first-order chi connectivity index (χ1) is 11.1. The molecule has 1 aromatic rings. The highest BCUT2D eigenvalue weighted by molar-refractivity contribution is 5.68. The smallest absolute Gasteiger partial charge is 0.410 e. The van der Waals surface area contributed by atoms with Crippen LogP contribution in [0, 0.1) is 0 Å². The molecule has 1 aromatic carbocycles. The highest BCUT2D eigenvalue weighted by Crippen LogP contribution is 2.29. The first kappa shape index (κ1) is 18.1. The Morgan fingerprint density at radius 1 is 1.17 bits per heavy atom. The number of ether oxygens (including phenoxy) is 2. The molecule has 0 radical (unpaired) electrons. The molecule has 1 aliphatic heterocycles. The van der Waals surface area contributed by atoms with E-state index in [1.165, 1.54) is 12.1 Å². The standard InChI is InChI=1S/C16H22F2N2O4/c1-16(2,3)24-15(22)20-6-4-19(5-7-20)11-8-12(21)10-13(9-11)23-14(17)18/h8-10,14,21H,4-7H2,1-3H3. The first-order valence-electron chi connectivity index (χ1n) is 7.66. The molecule has 1 N–H and O–H groups in total. The van der Waals surface area contributed by atoms with Crippen LogP contribution in [0.15, 0.2) is 18.2 Å². The lowest BCUT2D eigenvalue weighted by molar-refractivity contribution is -0.0499. The lowest BCUT2D eigenvalue weighted by Crippen LogP contribution is -2.50. The maximum Gasteiger partial charge on any atom is 0.410 e. The third-order valence-corrected chi connectivity index (χ3v) is 3.40. The van der Waals surface area contributed by atoms with Crippen LogP contribution >= 0.6 is 0 Å². The molecule has 0 aromatic heterocycles. The third kappa shape index (κ3) is 5.14. The number of hydrogen-bond donors (Lipinski definition) is 1. The summed E-state index contributed by atoms with van der Waals surface area (Å²) in [5, 5.41) is 9.67. The molecule has 1 heterocycles. The van der Waals surface area contributed by atoms with E-state index >= 15 is 0 Å². The molecule has 2 rings (SSSR count). The van der Waals surface area contributed by atoms with E-state index in [4.69, 9.17) is 4.74 Å². The molecule has 0 spiro atoms. The fraction of sp³-hybridized carbons (Fsp3) is 0.562. The Hall–Kier alpha value is -2.25. The fourth-order valence-electron chi connectivity index (χ4n) is 2.40. The molecular formula is C16H22F2N2O4. The van der Waals surface area contributed by atoms with Gasteiger partial charge in [-0.05, 0) is 20.8 Å². The van der Waals surface area contributed by atoms with Crippen molar-refractivity contribution >= 4 is 11.8 Å². The van der Waals surface area contributed by atoms with Crippen LogP contribution in [-0.2, 0) is 4.74 Å². The van der Waals surface area contributed by atoms with Gasteiger partial charge in [0.1, 0.15) is 17.1 Å². The maximum absolute atomic E-state index is 12.3. The molecule has 1 aliphatic rings. The van der Waals surface area contributed by atoms with E-state index < -0.39 is 12.2 Å². The number of nitrogens with zero attached hydrogens (tertiary/aromatic N) is 2. The van der Waals surface area contributed by atoms with Gasteiger partial charge in [0.05, 0.1) is 0 Å². The number of amides is 1.